The molecule has 1 rings (SSSR count). The molecule has 0 atom stereocenters. The molecule has 0 radical (unpaired) electrons. The Morgan fingerprint density at radius 1 is 1.29 bits per heavy atom. The summed E-state index contributed by atoms with van der Waals surface area (Å²) in [6.07, 6.45) is 1.11. The Bertz CT molecular complexity index is 357. The number of hydrogen-bond donors (Lipinski definition) is 0. The Hall–Kier alpha value is -0.310. The maximum Gasteiger partial charge on any atom is 0.0191 e. The van der Waals surface area contributed by atoms with Gasteiger partial charge in [0.1, 0.15) is 0 Å². The highest BCUT2D eigenvalue weighted by atomic mass is 127. The first-order valence-electron chi connectivity index (χ1n) is 4.99. The van der Waals surface area contributed by atoms with Crippen LogP contribution in [0.4, 0.5) is 0 Å². The van der Waals surface area contributed by atoms with Gasteiger partial charge in [0.25, 0.3) is 0 Å². The zero-order valence-corrected chi connectivity index (χ0v) is 11.5. The van der Waals surface area contributed by atoms with Gasteiger partial charge in [-0.3, -0.25) is 0 Å². The Balaban J connectivity index is 3.28. The van der Waals surface area contributed by atoms with Crippen LogP contribution in [-0.2, 0) is 6.42 Å². The third-order valence-corrected chi connectivity index (χ3v) is 3.98. The van der Waals surface area contributed by atoms with Crippen LogP contribution in [0, 0.1) is 6.92 Å². The molecule has 1 aromatic carbocycles. The van der Waals surface area contributed by atoms with Crippen molar-refractivity contribution in [2.24, 2.45) is 0 Å². The number of aryl methyl sites for hydroxylation is 2. The average Bonchev–Trinajstić information content (AvgIpc) is 2.16. The fourth-order valence-corrected chi connectivity index (χ4v) is 2.02. The van der Waals surface area contributed by atoms with Crippen molar-refractivity contribution in [3.8, 4) is 0 Å². The van der Waals surface area contributed by atoms with Crippen LogP contribution < -0.4 is 0 Å². The Morgan fingerprint density at radius 3 is 2.43 bits per heavy atom. The summed E-state index contributed by atoms with van der Waals surface area (Å²) in [5.74, 6) is 0. The zero-order valence-electron chi connectivity index (χ0n) is 9.32. The first kappa shape index (κ1) is 11.8. The van der Waals surface area contributed by atoms with Crippen LogP contribution in [0.2, 0.25) is 0 Å². The lowest BCUT2D eigenvalue weighted by molar-refractivity contribution is 1.12. The van der Waals surface area contributed by atoms with Crippen molar-refractivity contribution in [3.05, 3.63) is 40.5 Å². The quantitative estimate of drug-likeness (QED) is 0.692. The maximum absolute atomic E-state index is 2.44. The van der Waals surface area contributed by atoms with Gasteiger partial charge >= 0.3 is 0 Å². The molecule has 0 aromatic heterocycles. The predicted molar refractivity (Wildman–Crippen MR) is 72.8 cm³/mol. The van der Waals surface area contributed by atoms with Crippen molar-refractivity contribution in [1.29, 1.82) is 0 Å². The number of benzene rings is 1. The monoisotopic (exact) mass is 300 g/mol. The molecular weight excluding hydrogens is 283 g/mol. The molecule has 0 saturated carbocycles. The molecule has 0 bridgehead atoms. The molecule has 1 heteroatoms. The number of rotatable bonds is 2. The summed E-state index contributed by atoms with van der Waals surface area (Å²) in [5.41, 5.74) is 5.60. The van der Waals surface area contributed by atoms with Crippen molar-refractivity contribution in [2.45, 2.75) is 34.1 Å². The minimum absolute atomic E-state index is 1.11. The van der Waals surface area contributed by atoms with Gasteiger partial charge in [0.2, 0.25) is 0 Å². The van der Waals surface area contributed by atoms with Gasteiger partial charge in [-0.2, -0.15) is 0 Å². The predicted octanol–water partition coefficient (Wildman–Crippen LogP) is 4.74. The summed E-state index contributed by atoms with van der Waals surface area (Å²) in [6.45, 7) is 8.70. The van der Waals surface area contributed by atoms with E-state index < -0.39 is 0 Å². The topological polar surface area (TPSA) is 0 Å². The zero-order chi connectivity index (χ0) is 10.7. The highest BCUT2D eigenvalue weighted by Crippen LogP contribution is 2.29. The summed E-state index contributed by atoms with van der Waals surface area (Å²) in [5, 5.41) is 0. The second-order valence-corrected chi connectivity index (χ2v) is 4.91. The molecule has 0 N–H and O–H groups in total. The SMILES string of the molecule is CCc1cc(C)ccc1C(I)=C(C)C. The van der Waals surface area contributed by atoms with E-state index in [1.165, 1.54) is 25.8 Å². The average molecular weight is 300 g/mol. The van der Waals surface area contributed by atoms with E-state index in [4.69, 9.17) is 0 Å². The largest absolute Gasteiger partial charge is 0.0625 e. The number of allylic oxidation sites excluding steroid dienone is 1. The van der Waals surface area contributed by atoms with Gasteiger partial charge in [0, 0.05) is 3.58 Å². The van der Waals surface area contributed by atoms with E-state index in [0.717, 1.165) is 6.42 Å². The molecule has 0 amide bonds. The highest BCUT2D eigenvalue weighted by molar-refractivity contribution is 14.1. The molecule has 76 valence electrons. The van der Waals surface area contributed by atoms with Crippen molar-refractivity contribution in [3.63, 3.8) is 0 Å². The van der Waals surface area contributed by atoms with Gasteiger partial charge in [-0.25, -0.2) is 0 Å². The molecule has 14 heavy (non-hydrogen) atoms. The van der Waals surface area contributed by atoms with E-state index in [9.17, 15) is 0 Å². The number of halogens is 1. The standard InChI is InChI=1S/C13H17I/c1-5-11-8-10(4)6-7-12(11)13(14)9(2)3/h6-8H,5H2,1-4H3. The normalized spacial score (nSPS) is 10.1. The van der Waals surface area contributed by atoms with Crippen LogP contribution in [0.3, 0.4) is 0 Å². The lowest BCUT2D eigenvalue weighted by atomic mass is 10.0. The summed E-state index contributed by atoms with van der Waals surface area (Å²) in [7, 11) is 0. The van der Waals surface area contributed by atoms with Gasteiger partial charge < -0.3 is 0 Å². The minimum Gasteiger partial charge on any atom is -0.0625 e. The van der Waals surface area contributed by atoms with E-state index in [2.05, 4.69) is 68.5 Å². The van der Waals surface area contributed by atoms with Crippen molar-refractivity contribution < 1.29 is 0 Å². The molecule has 0 spiro atoms. The lowest BCUT2D eigenvalue weighted by Gasteiger charge is -2.09. The van der Waals surface area contributed by atoms with Crippen LogP contribution in [0.5, 0.6) is 0 Å². The third-order valence-electron chi connectivity index (χ3n) is 2.32. The minimum atomic E-state index is 1.11. The smallest absolute Gasteiger partial charge is 0.0191 e. The molecule has 0 aliphatic rings. The number of hydrogen-bond acceptors (Lipinski definition) is 0. The summed E-state index contributed by atoms with van der Waals surface area (Å²) >= 11 is 2.44. The molecule has 0 saturated heterocycles. The summed E-state index contributed by atoms with van der Waals surface area (Å²) in [6, 6.07) is 6.72. The van der Waals surface area contributed by atoms with Crippen LogP contribution >= 0.6 is 22.6 Å². The maximum atomic E-state index is 2.44. The van der Waals surface area contributed by atoms with Crippen LogP contribution in [0.25, 0.3) is 3.58 Å². The van der Waals surface area contributed by atoms with Crippen molar-refractivity contribution >= 4 is 26.2 Å². The van der Waals surface area contributed by atoms with E-state index in [-0.39, 0.29) is 0 Å². The van der Waals surface area contributed by atoms with Gasteiger partial charge in [0.15, 0.2) is 0 Å². The van der Waals surface area contributed by atoms with Crippen molar-refractivity contribution in [2.75, 3.05) is 0 Å². The van der Waals surface area contributed by atoms with Gasteiger partial charge in [0.05, 0.1) is 0 Å². The fraction of sp³-hybridized carbons (Fsp3) is 0.385. The second-order valence-electron chi connectivity index (χ2n) is 3.83. The highest BCUT2D eigenvalue weighted by Gasteiger charge is 2.05. The molecule has 0 heterocycles. The Labute approximate surface area is 101 Å². The molecule has 0 fully saturated rings. The molecular formula is C13H17I. The van der Waals surface area contributed by atoms with Crippen LogP contribution in [-0.4, -0.2) is 0 Å². The Morgan fingerprint density at radius 2 is 1.93 bits per heavy atom. The van der Waals surface area contributed by atoms with Gasteiger partial charge in [-0.1, -0.05) is 36.3 Å². The van der Waals surface area contributed by atoms with E-state index in [1.54, 1.807) is 0 Å². The molecule has 0 nitrogen and oxygen atoms in total. The van der Waals surface area contributed by atoms with Crippen molar-refractivity contribution in [1.82, 2.24) is 0 Å². The molecule has 0 aliphatic carbocycles. The van der Waals surface area contributed by atoms with E-state index in [0.29, 0.717) is 0 Å². The first-order chi connectivity index (χ1) is 6.56. The molecule has 1 aromatic rings. The van der Waals surface area contributed by atoms with E-state index >= 15 is 0 Å². The fourth-order valence-electron chi connectivity index (χ4n) is 1.50. The van der Waals surface area contributed by atoms with E-state index in [1.807, 2.05) is 0 Å². The second kappa shape index (κ2) is 4.96. The third kappa shape index (κ3) is 2.59. The van der Waals surface area contributed by atoms with Gasteiger partial charge in [-0.15, -0.1) is 0 Å². The van der Waals surface area contributed by atoms with Crippen LogP contribution in [0.15, 0.2) is 23.8 Å². The molecule has 0 aliphatic heterocycles. The van der Waals surface area contributed by atoms with Crippen LogP contribution in [0.1, 0.15) is 37.5 Å². The Kier molecular flexibility index (Phi) is 4.17. The summed E-state index contributed by atoms with van der Waals surface area (Å²) in [4.78, 5) is 0. The lowest BCUT2D eigenvalue weighted by Crippen LogP contribution is -1.90. The molecule has 0 unspecified atom stereocenters. The first-order valence-corrected chi connectivity index (χ1v) is 6.07. The summed E-state index contributed by atoms with van der Waals surface area (Å²) < 4.78 is 1.39. The van der Waals surface area contributed by atoms with Gasteiger partial charge in [-0.05, 0) is 60.9 Å².